The van der Waals surface area contributed by atoms with E-state index in [1.54, 1.807) is 0 Å². The van der Waals surface area contributed by atoms with E-state index >= 15 is 0 Å². The number of nitrogens with zero attached hydrogens (tertiary/aromatic N) is 2. The van der Waals surface area contributed by atoms with E-state index in [0.29, 0.717) is 39.1 Å². The van der Waals surface area contributed by atoms with E-state index in [-0.39, 0.29) is 30.2 Å². The van der Waals surface area contributed by atoms with Gasteiger partial charge in [-0.25, -0.2) is 4.79 Å². The molecule has 2 fully saturated rings. The average molecular weight is 282 g/mol. The zero-order chi connectivity index (χ0) is 14.3. The maximum atomic E-state index is 12.1. The minimum Gasteiger partial charge on any atom is -0.477 e. The van der Waals surface area contributed by atoms with Gasteiger partial charge in [0.05, 0.1) is 25.2 Å². The number of rotatable bonds is 4. The zero-order valence-electron chi connectivity index (χ0n) is 11.1. The first kappa shape index (κ1) is 13.4. The van der Waals surface area contributed by atoms with Gasteiger partial charge in [-0.3, -0.25) is 4.79 Å². The summed E-state index contributed by atoms with van der Waals surface area (Å²) in [6.07, 6.45) is 0.974. The normalized spacial score (nSPS) is 29.6. The molecule has 2 saturated heterocycles. The van der Waals surface area contributed by atoms with E-state index in [2.05, 4.69) is 0 Å². The number of aliphatic hydroxyl groups excluding tert-OH is 1. The Morgan fingerprint density at radius 3 is 2.65 bits per heavy atom. The second kappa shape index (κ2) is 5.06. The Balaban J connectivity index is 1.85. The summed E-state index contributed by atoms with van der Waals surface area (Å²) in [4.78, 5) is 27.0. The predicted octanol–water partition coefficient (Wildman–Crippen LogP) is -0.772. The highest BCUT2D eigenvalue weighted by atomic mass is 16.5. The number of carbonyl (C=O) groups is 2. The van der Waals surface area contributed by atoms with Crippen molar-refractivity contribution in [2.24, 2.45) is 5.92 Å². The van der Waals surface area contributed by atoms with Gasteiger partial charge in [0.2, 0.25) is 5.91 Å². The summed E-state index contributed by atoms with van der Waals surface area (Å²) in [5.41, 5.74) is 0.857. The number of ether oxygens (including phenoxy) is 1. The maximum absolute atomic E-state index is 12.1. The summed E-state index contributed by atoms with van der Waals surface area (Å²) in [7, 11) is 0. The lowest BCUT2D eigenvalue weighted by Crippen LogP contribution is -2.58. The van der Waals surface area contributed by atoms with Gasteiger partial charge in [0, 0.05) is 31.8 Å². The molecule has 3 rings (SSSR count). The smallest absolute Gasteiger partial charge is 0.354 e. The molecule has 20 heavy (non-hydrogen) atoms. The van der Waals surface area contributed by atoms with Crippen LogP contribution in [-0.2, 0) is 14.3 Å². The van der Waals surface area contributed by atoms with Crippen molar-refractivity contribution >= 4 is 11.9 Å². The summed E-state index contributed by atoms with van der Waals surface area (Å²) in [6.45, 7) is 2.43. The molecule has 0 aromatic rings. The molecule has 0 spiro atoms. The van der Waals surface area contributed by atoms with Crippen LogP contribution in [0.3, 0.4) is 0 Å². The molecule has 7 heteroatoms. The van der Waals surface area contributed by atoms with Gasteiger partial charge >= 0.3 is 5.97 Å². The largest absolute Gasteiger partial charge is 0.477 e. The molecule has 3 aliphatic heterocycles. The highest BCUT2D eigenvalue weighted by Crippen LogP contribution is 2.44. The Morgan fingerprint density at radius 2 is 2.05 bits per heavy atom. The number of carboxylic acids is 1. The molecule has 110 valence electrons. The highest BCUT2D eigenvalue weighted by Gasteiger charge is 2.55. The van der Waals surface area contributed by atoms with E-state index in [1.165, 1.54) is 4.90 Å². The van der Waals surface area contributed by atoms with Gasteiger partial charge in [0.1, 0.15) is 5.70 Å². The molecule has 2 N–H and O–H groups in total. The van der Waals surface area contributed by atoms with Crippen LogP contribution in [-0.4, -0.2) is 70.8 Å². The number of hydrogen-bond donors (Lipinski definition) is 2. The SMILES string of the molecule is O=C(O)C1=C(N2CCOCC2)CC2C(CCO)C(=O)N12. The van der Waals surface area contributed by atoms with Gasteiger partial charge in [-0.1, -0.05) is 0 Å². The summed E-state index contributed by atoms with van der Waals surface area (Å²) < 4.78 is 5.28. The van der Waals surface area contributed by atoms with E-state index in [9.17, 15) is 14.7 Å². The Morgan fingerprint density at radius 1 is 1.35 bits per heavy atom. The third-order valence-corrected chi connectivity index (χ3v) is 4.30. The number of fused-ring (bicyclic) bond motifs is 1. The molecule has 0 aromatic carbocycles. The molecule has 0 bridgehead atoms. The number of carboxylic acid groups (broad SMARTS) is 1. The Hall–Kier alpha value is -1.60. The highest BCUT2D eigenvalue weighted by molar-refractivity contribution is 5.99. The lowest BCUT2D eigenvalue weighted by atomic mass is 9.85. The van der Waals surface area contributed by atoms with Crippen LogP contribution in [0.4, 0.5) is 0 Å². The number of aliphatic carboxylic acids is 1. The molecule has 3 aliphatic rings. The molecular weight excluding hydrogens is 264 g/mol. The second-order valence-electron chi connectivity index (χ2n) is 5.30. The quantitative estimate of drug-likeness (QED) is 0.658. The molecule has 0 radical (unpaired) electrons. The van der Waals surface area contributed by atoms with Crippen LogP contribution in [0, 0.1) is 5.92 Å². The van der Waals surface area contributed by atoms with E-state index < -0.39 is 5.97 Å². The third-order valence-electron chi connectivity index (χ3n) is 4.30. The van der Waals surface area contributed by atoms with Crippen LogP contribution in [0.1, 0.15) is 12.8 Å². The molecular formula is C13H18N2O5. The molecule has 1 amide bonds. The summed E-state index contributed by atoms with van der Waals surface area (Å²) >= 11 is 0. The summed E-state index contributed by atoms with van der Waals surface area (Å²) in [5, 5.41) is 18.4. The van der Waals surface area contributed by atoms with E-state index in [4.69, 9.17) is 9.84 Å². The van der Waals surface area contributed by atoms with Crippen LogP contribution >= 0.6 is 0 Å². The number of morpholine rings is 1. The maximum Gasteiger partial charge on any atom is 0.354 e. The number of β-lactam (4-membered cyclic amide) rings is 1. The molecule has 0 aliphatic carbocycles. The predicted molar refractivity (Wildman–Crippen MR) is 67.5 cm³/mol. The van der Waals surface area contributed by atoms with Crippen molar-refractivity contribution in [3.05, 3.63) is 11.4 Å². The minimum absolute atomic E-state index is 0.0456. The van der Waals surface area contributed by atoms with Crippen molar-refractivity contribution in [3.63, 3.8) is 0 Å². The minimum atomic E-state index is -1.05. The van der Waals surface area contributed by atoms with Gasteiger partial charge in [0.25, 0.3) is 0 Å². The number of amides is 1. The van der Waals surface area contributed by atoms with Crippen molar-refractivity contribution in [3.8, 4) is 0 Å². The van der Waals surface area contributed by atoms with E-state index in [1.807, 2.05) is 4.90 Å². The first-order chi connectivity index (χ1) is 9.65. The molecule has 3 heterocycles. The van der Waals surface area contributed by atoms with Crippen molar-refractivity contribution in [1.29, 1.82) is 0 Å². The van der Waals surface area contributed by atoms with Crippen molar-refractivity contribution in [2.75, 3.05) is 32.9 Å². The molecule has 0 aromatic heterocycles. The standard InChI is InChI=1S/C13H18N2O5/c16-4-1-8-9-7-10(14-2-5-20-6-3-14)11(13(18)19)15(9)12(8)17/h8-9,16H,1-7H2,(H,18,19). The molecule has 2 atom stereocenters. The fraction of sp³-hybridized carbons (Fsp3) is 0.692. The Bertz CT molecular complexity index is 469. The number of hydrogen-bond acceptors (Lipinski definition) is 5. The zero-order valence-corrected chi connectivity index (χ0v) is 11.1. The van der Waals surface area contributed by atoms with Crippen molar-refractivity contribution in [1.82, 2.24) is 9.80 Å². The van der Waals surface area contributed by atoms with Gasteiger partial charge in [0.15, 0.2) is 0 Å². The fourth-order valence-corrected chi connectivity index (χ4v) is 3.34. The van der Waals surface area contributed by atoms with Crippen LogP contribution in [0.15, 0.2) is 11.4 Å². The topological polar surface area (TPSA) is 90.3 Å². The number of aliphatic hydroxyl groups is 1. The Kier molecular flexibility index (Phi) is 3.39. The fourth-order valence-electron chi connectivity index (χ4n) is 3.34. The molecule has 7 nitrogen and oxygen atoms in total. The monoisotopic (exact) mass is 282 g/mol. The Labute approximate surface area is 116 Å². The average Bonchev–Trinajstić information content (AvgIpc) is 2.82. The third kappa shape index (κ3) is 1.89. The van der Waals surface area contributed by atoms with Crippen LogP contribution < -0.4 is 0 Å². The first-order valence-electron chi connectivity index (χ1n) is 6.88. The lowest BCUT2D eigenvalue weighted by molar-refractivity contribution is -0.155. The lowest BCUT2D eigenvalue weighted by Gasteiger charge is -2.42. The van der Waals surface area contributed by atoms with Gasteiger partial charge in [-0.05, 0) is 6.42 Å². The van der Waals surface area contributed by atoms with Crippen molar-refractivity contribution in [2.45, 2.75) is 18.9 Å². The molecule has 2 unspecified atom stereocenters. The number of carbonyl (C=O) groups excluding carboxylic acids is 1. The second-order valence-corrected chi connectivity index (χ2v) is 5.30. The summed E-state index contributed by atoms with van der Waals surface area (Å²) in [5.74, 6) is -1.47. The summed E-state index contributed by atoms with van der Waals surface area (Å²) in [6, 6.07) is -0.0985. The van der Waals surface area contributed by atoms with Gasteiger partial charge in [-0.2, -0.15) is 0 Å². The van der Waals surface area contributed by atoms with Gasteiger partial charge in [-0.15, -0.1) is 0 Å². The first-order valence-corrected chi connectivity index (χ1v) is 6.88. The van der Waals surface area contributed by atoms with Gasteiger partial charge < -0.3 is 24.7 Å². The van der Waals surface area contributed by atoms with Crippen molar-refractivity contribution < 1.29 is 24.5 Å². The molecule has 0 saturated carbocycles. The van der Waals surface area contributed by atoms with E-state index in [0.717, 1.165) is 5.70 Å². The van der Waals surface area contributed by atoms with Crippen LogP contribution in [0.2, 0.25) is 0 Å². The van der Waals surface area contributed by atoms with Crippen LogP contribution in [0.25, 0.3) is 0 Å². The van der Waals surface area contributed by atoms with Crippen LogP contribution in [0.5, 0.6) is 0 Å².